The van der Waals surface area contributed by atoms with Crippen LogP contribution in [0.1, 0.15) is 10.4 Å². The van der Waals surface area contributed by atoms with Crippen LogP contribution in [-0.4, -0.2) is 41.1 Å². The lowest BCUT2D eigenvalue weighted by Crippen LogP contribution is -2.23. The summed E-state index contributed by atoms with van der Waals surface area (Å²) in [5, 5.41) is 0. The Bertz CT molecular complexity index is 571. The molecule has 2 unspecified atom stereocenters. The van der Waals surface area contributed by atoms with Gasteiger partial charge < -0.3 is 18.8 Å². The third-order valence-corrected chi connectivity index (χ3v) is 3.14. The molecule has 1 aliphatic heterocycles. The number of carbonyl (C=O) groups is 1. The minimum atomic E-state index is -0.350. The third kappa shape index (κ3) is 3.68. The number of nitrogens with zero attached hydrogens (tertiary/aromatic N) is 2. The van der Waals surface area contributed by atoms with Gasteiger partial charge in [0.15, 0.2) is 6.29 Å². The van der Waals surface area contributed by atoms with E-state index in [0.29, 0.717) is 18.7 Å². The molecule has 0 aliphatic carbocycles. The molecule has 2 aromatic rings. The van der Waals surface area contributed by atoms with Crippen molar-refractivity contribution in [1.82, 2.24) is 9.55 Å². The molecule has 3 rings (SSSR count). The van der Waals surface area contributed by atoms with Crippen molar-refractivity contribution in [2.45, 2.75) is 18.9 Å². The lowest BCUT2D eigenvalue weighted by atomic mass is 10.2. The fourth-order valence-corrected chi connectivity index (χ4v) is 2.08. The van der Waals surface area contributed by atoms with Crippen LogP contribution in [0, 0.1) is 0 Å². The molecule has 0 spiro atoms. The van der Waals surface area contributed by atoms with Crippen molar-refractivity contribution >= 4 is 5.97 Å². The van der Waals surface area contributed by atoms with Crippen LogP contribution in [0.5, 0.6) is 0 Å². The molecule has 6 heteroatoms. The average molecular weight is 288 g/mol. The van der Waals surface area contributed by atoms with Crippen LogP contribution in [0.3, 0.4) is 0 Å². The van der Waals surface area contributed by atoms with Crippen LogP contribution in [0.4, 0.5) is 0 Å². The highest BCUT2D eigenvalue weighted by Gasteiger charge is 2.27. The Labute approximate surface area is 122 Å². The molecule has 1 saturated heterocycles. The highest BCUT2D eigenvalue weighted by Crippen LogP contribution is 2.14. The first-order valence-corrected chi connectivity index (χ1v) is 6.76. The summed E-state index contributed by atoms with van der Waals surface area (Å²) >= 11 is 0. The number of benzene rings is 1. The molecule has 0 saturated carbocycles. The van der Waals surface area contributed by atoms with Gasteiger partial charge in [0, 0.05) is 12.4 Å². The normalized spacial score (nSPS) is 21.3. The Balaban J connectivity index is 1.44. The Morgan fingerprint density at radius 3 is 3.00 bits per heavy atom. The Morgan fingerprint density at radius 1 is 1.38 bits per heavy atom. The molecule has 110 valence electrons. The van der Waals surface area contributed by atoms with Crippen LogP contribution in [0.15, 0.2) is 49.1 Å². The van der Waals surface area contributed by atoms with Crippen LogP contribution in [0.25, 0.3) is 0 Å². The summed E-state index contributed by atoms with van der Waals surface area (Å²) in [5.74, 6) is -0.350. The minimum Gasteiger partial charge on any atom is -0.459 e. The summed E-state index contributed by atoms with van der Waals surface area (Å²) < 4.78 is 18.3. The van der Waals surface area contributed by atoms with E-state index in [2.05, 4.69) is 4.98 Å². The largest absolute Gasteiger partial charge is 0.459 e. The van der Waals surface area contributed by atoms with Crippen molar-refractivity contribution in [3.63, 3.8) is 0 Å². The molecule has 2 atom stereocenters. The maximum atomic E-state index is 11.8. The van der Waals surface area contributed by atoms with E-state index in [9.17, 15) is 4.79 Å². The molecule has 2 heterocycles. The van der Waals surface area contributed by atoms with Crippen LogP contribution in [-0.2, 0) is 20.8 Å². The summed E-state index contributed by atoms with van der Waals surface area (Å²) in [6.45, 7) is 1.18. The second-order valence-electron chi connectivity index (χ2n) is 4.74. The minimum absolute atomic E-state index is 0.189. The molecule has 21 heavy (non-hydrogen) atoms. The van der Waals surface area contributed by atoms with E-state index < -0.39 is 0 Å². The van der Waals surface area contributed by atoms with E-state index in [1.807, 2.05) is 16.8 Å². The van der Waals surface area contributed by atoms with Gasteiger partial charge in [-0.3, -0.25) is 0 Å². The van der Waals surface area contributed by atoms with E-state index >= 15 is 0 Å². The SMILES string of the molecule is O=C(OCC1COC(Cn2ccnc2)O1)c1ccccc1. The van der Waals surface area contributed by atoms with Gasteiger partial charge in [0.05, 0.1) is 25.0 Å². The first-order valence-electron chi connectivity index (χ1n) is 6.76. The zero-order valence-corrected chi connectivity index (χ0v) is 11.4. The van der Waals surface area contributed by atoms with Crippen molar-refractivity contribution in [2.75, 3.05) is 13.2 Å². The summed E-state index contributed by atoms with van der Waals surface area (Å²) in [4.78, 5) is 15.8. The zero-order chi connectivity index (χ0) is 14.5. The fourth-order valence-electron chi connectivity index (χ4n) is 2.08. The second-order valence-corrected chi connectivity index (χ2v) is 4.74. The van der Waals surface area contributed by atoms with Crippen molar-refractivity contribution in [2.24, 2.45) is 0 Å². The number of esters is 1. The highest BCUT2D eigenvalue weighted by atomic mass is 16.7. The lowest BCUT2D eigenvalue weighted by molar-refractivity contribution is -0.0758. The van der Waals surface area contributed by atoms with E-state index in [0.717, 1.165) is 0 Å². The van der Waals surface area contributed by atoms with E-state index in [1.165, 1.54) is 0 Å². The van der Waals surface area contributed by atoms with Crippen molar-refractivity contribution in [1.29, 1.82) is 0 Å². The van der Waals surface area contributed by atoms with Gasteiger partial charge in [-0.2, -0.15) is 0 Å². The van der Waals surface area contributed by atoms with Crippen LogP contribution in [0.2, 0.25) is 0 Å². The number of rotatable bonds is 5. The molecule has 1 aromatic carbocycles. The van der Waals surface area contributed by atoms with E-state index in [4.69, 9.17) is 14.2 Å². The summed E-state index contributed by atoms with van der Waals surface area (Å²) in [5.41, 5.74) is 0.534. The molecule has 1 aromatic heterocycles. The number of hydrogen-bond acceptors (Lipinski definition) is 5. The van der Waals surface area contributed by atoms with E-state index in [1.54, 1.807) is 36.8 Å². The summed E-state index contributed by atoms with van der Waals surface area (Å²) in [6, 6.07) is 8.89. The van der Waals surface area contributed by atoms with Gasteiger partial charge in [-0.15, -0.1) is 0 Å². The summed E-state index contributed by atoms with van der Waals surface area (Å²) in [6.07, 6.45) is 4.68. The number of carbonyl (C=O) groups excluding carboxylic acids is 1. The summed E-state index contributed by atoms with van der Waals surface area (Å²) in [7, 11) is 0. The number of imidazole rings is 1. The van der Waals surface area contributed by atoms with Gasteiger partial charge in [0.25, 0.3) is 0 Å². The Morgan fingerprint density at radius 2 is 2.24 bits per heavy atom. The number of aromatic nitrogens is 2. The van der Waals surface area contributed by atoms with E-state index in [-0.39, 0.29) is 25.0 Å². The van der Waals surface area contributed by atoms with Gasteiger partial charge in [0.2, 0.25) is 0 Å². The molecule has 0 bridgehead atoms. The first kappa shape index (κ1) is 13.8. The Kier molecular flexibility index (Phi) is 4.28. The second kappa shape index (κ2) is 6.51. The monoisotopic (exact) mass is 288 g/mol. The smallest absolute Gasteiger partial charge is 0.338 e. The average Bonchev–Trinajstić information content (AvgIpc) is 3.18. The quantitative estimate of drug-likeness (QED) is 0.780. The molecular weight excluding hydrogens is 272 g/mol. The van der Waals surface area contributed by atoms with Crippen LogP contribution >= 0.6 is 0 Å². The standard InChI is InChI=1S/C15H16N2O4/c18-15(12-4-2-1-3-5-12)20-10-13-9-19-14(21-13)8-17-7-6-16-11-17/h1-7,11,13-14H,8-10H2. The maximum absolute atomic E-state index is 11.8. The van der Waals surface area contributed by atoms with Gasteiger partial charge in [0.1, 0.15) is 12.7 Å². The van der Waals surface area contributed by atoms with Crippen LogP contribution < -0.4 is 0 Å². The molecule has 0 radical (unpaired) electrons. The topological polar surface area (TPSA) is 62.6 Å². The molecule has 0 amide bonds. The lowest BCUT2D eigenvalue weighted by Gasteiger charge is -2.12. The van der Waals surface area contributed by atoms with Gasteiger partial charge in [-0.25, -0.2) is 9.78 Å². The van der Waals surface area contributed by atoms with Gasteiger partial charge >= 0.3 is 5.97 Å². The van der Waals surface area contributed by atoms with Crippen molar-refractivity contribution < 1.29 is 19.0 Å². The first-order chi connectivity index (χ1) is 10.3. The molecule has 1 aliphatic rings. The predicted molar refractivity (Wildman–Crippen MR) is 73.6 cm³/mol. The number of ether oxygens (including phenoxy) is 3. The number of hydrogen-bond donors (Lipinski definition) is 0. The van der Waals surface area contributed by atoms with Crippen molar-refractivity contribution in [3.05, 3.63) is 54.6 Å². The highest BCUT2D eigenvalue weighted by molar-refractivity contribution is 5.89. The van der Waals surface area contributed by atoms with Gasteiger partial charge in [-0.05, 0) is 12.1 Å². The molecule has 6 nitrogen and oxygen atoms in total. The fraction of sp³-hybridized carbons (Fsp3) is 0.333. The van der Waals surface area contributed by atoms with Gasteiger partial charge in [-0.1, -0.05) is 18.2 Å². The predicted octanol–water partition coefficient (Wildman–Crippen LogP) is 1.48. The third-order valence-electron chi connectivity index (χ3n) is 3.14. The maximum Gasteiger partial charge on any atom is 0.338 e. The molecule has 0 N–H and O–H groups in total. The molecule has 1 fully saturated rings. The molecular formula is C15H16N2O4. The zero-order valence-electron chi connectivity index (χ0n) is 11.4. The van der Waals surface area contributed by atoms with Crippen molar-refractivity contribution in [3.8, 4) is 0 Å². The Hall–Kier alpha value is -2.18.